The van der Waals surface area contributed by atoms with Crippen molar-refractivity contribution in [2.24, 2.45) is 0 Å². The molecule has 2 aliphatic rings. The van der Waals surface area contributed by atoms with Crippen molar-refractivity contribution in [3.05, 3.63) is 42.0 Å². The number of anilines is 3. The molecule has 0 radical (unpaired) electrons. The van der Waals surface area contributed by atoms with Crippen LogP contribution in [0.1, 0.15) is 38.4 Å². The van der Waals surface area contributed by atoms with Gasteiger partial charge in [-0.15, -0.1) is 0 Å². The molecule has 3 heterocycles. The lowest BCUT2D eigenvalue weighted by atomic mass is 10.00. The zero-order valence-corrected chi connectivity index (χ0v) is 16.9. The fourth-order valence-electron chi connectivity index (χ4n) is 4.46. The van der Waals surface area contributed by atoms with E-state index >= 15 is 0 Å². The number of para-hydroxylation sites is 1. The van der Waals surface area contributed by atoms with Gasteiger partial charge in [-0.3, -0.25) is 0 Å². The van der Waals surface area contributed by atoms with Crippen LogP contribution in [0.5, 0.6) is 0 Å². The Morgan fingerprint density at radius 2 is 1.68 bits per heavy atom. The highest BCUT2D eigenvalue weighted by atomic mass is 19.1. The van der Waals surface area contributed by atoms with Crippen LogP contribution in [-0.2, 0) is 0 Å². The molecule has 1 aromatic carbocycles. The Bertz CT molecular complexity index is 803. The van der Waals surface area contributed by atoms with E-state index in [9.17, 15) is 4.39 Å². The van der Waals surface area contributed by atoms with Crippen molar-refractivity contribution in [2.75, 3.05) is 47.4 Å². The Labute approximate surface area is 167 Å². The molecule has 0 aliphatic carbocycles. The lowest BCUT2D eigenvalue weighted by Gasteiger charge is -2.38. The van der Waals surface area contributed by atoms with Gasteiger partial charge >= 0.3 is 0 Å². The van der Waals surface area contributed by atoms with Gasteiger partial charge in [-0.25, -0.2) is 14.4 Å². The minimum atomic E-state index is -0.146. The molecule has 1 aromatic heterocycles. The molecule has 0 spiro atoms. The molecule has 28 heavy (non-hydrogen) atoms. The molecule has 150 valence electrons. The summed E-state index contributed by atoms with van der Waals surface area (Å²) in [7, 11) is 0. The first-order valence-corrected chi connectivity index (χ1v) is 10.5. The van der Waals surface area contributed by atoms with Crippen molar-refractivity contribution in [1.82, 2.24) is 9.97 Å². The van der Waals surface area contributed by atoms with Gasteiger partial charge in [-0.05, 0) is 44.7 Å². The van der Waals surface area contributed by atoms with Crippen LogP contribution < -0.4 is 14.7 Å². The second-order valence-electron chi connectivity index (χ2n) is 7.81. The number of piperazine rings is 1. The monoisotopic (exact) mass is 383 g/mol. The van der Waals surface area contributed by atoms with E-state index in [2.05, 4.69) is 27.7 Å². The number of halogens is 1. The third kappa shape index (κ3) is 3.91. The molecule has 2 fully saturated rings. The molecule has 6 heteroatoms. The maximum Gasteiger partial charge on any atom is 0.146 e. The summed E-state index contributed by atoms with van der Waals surface area (Å²) in [5.74, 6) is 2.73. The minimum absolute atomic E-state index is 0.146. The van der Waals surface area contributed by atoms with Crippen LogP contribution in [0.3, 0.4) is 0 Å². The highest BCUT2D eigenvalue weighted by molar-refractivity contribution is 5.54. The number of rotatable bonds is 4. The molecular formula is C22H30FN5. The van der Waals surface area contributed by atoms with Crippen molar-refractivity contribution >= 4 is 17.3 Å². The van der Waals surface area contributed by atoms with E-state index < -0.39 is 0 Å². The Balaban J connectivity index is 1.49. The van der Waals surface area contributed by atoms with Crippen LogP contribution in [0, 0.1) is 12.7 Å². The van der Waals surface area contributed by atoms with Gasteiger partial charge in [0.15, 0.2) is 0 Å². The van der Waals surface area contributed by atoms with E-state index in [-0.39, 0.29) is 5.82 Å². The van der Waals surface area contributed by atoms with E-state index in [1.54, 1.807) is 6.07 Å². The molecule has 2 saturated heterocycles. The molecule has 4 rings (SSSR count). The highest BCUT2D eigenvalue weighted by Crippen LogP contribution is 2.28. The average molecular weight is 384 g/mol. The molecule has 1 atom stereocenters. The number of nitrogens with zero attached hydrogens (tertiary/aromatic N) is 5. The maximum atomic E-state index is 14.1. The minimum Gasteiger partial charge on any atom is -0.366 e. The Kier molecular flexibility index (Phi) is 5.64. The van der Waals surface area contributed by atoms with Gasteiger partial charge in [-0.2, -0.15) is 0 Å². The van der Waals surface area contributed by atoms with Crippen LogP contribution in [0.2, 0.25) is 0 Å². The Hall–Kier alpha value is -2.37. The lowest BCUT2D eigenvalue weighted by Crippen LogP contribution is -2.47. The zero-order chi connectivity index (χ0) is 19.5. The number of hydrogen-bond acceptors (Lipinski definition) is 5. The molecule has 1 unspecified atom stereocenters. The second kappa shape index (κ2) is 8.33. The standard InChI is InChI=1S/C22H30FN5/c1-3-18-8-6-7-11-28(18)22-16-21(24-17(2)25-22)27-14-12-26(13-15-27)20-10-5-4-9-19(20)23/h4-5,9-10,16,18H,3,6-8,11-15H2,1-2H3. The molecule has 2 aromatic rings. The lowest BCUT2D eigenvalue weighted by molar-refractivity contribution is 0.446. The predicted molar refractivity (Wildman–Crippen MR) is 113 cm³/mol. The quantitative estimate of drug-likeness (QED) is 0.797. The van der Waals surface area contributed by atoms with Gasteiger partial charge in [0, 0.05) is 44.8 Å². The van der Waals surface area contributed by atoms with Crippen molar-refractivity contribution < 1.29 is 4.39 Å². The summed E-state index contributed by atoms with van der Waals surface area (Å²) < 4.78 is 14.1. The highest BCUT2D eigenvalue weighted by Gasteiger charge is 2.25. The summed E-state index contributed by atoms with van der Waals surface area (Å²) in [6.07, 6.45) is 4.94. The van der Waals surface area contributed by atoms with E-state index in [1.807, 2.05) is 19.1 Å². The van der Waals surface area contributed by atoms with Crippen LogP contribution in [-0.4, -0.2) is 48.7 Å². The third-order valence-corrected chi connectivity index (χ3v) is 6.00. The third-order valence-electron chi connectivity index (χ3n) is 6.00. The molecule has 0 bridgehead atoms. The largest absolute Gasteiger partial charge is 0.366 e. The van der Waals surface area contributed by atoms with E-state index in [0.717, 1.165) is 56.6 Å². The first-order chi connectivity index (χ1) is 13.7. The molecule has 0 N–H and O–H groups in total. The topological polar surface area (TPSA) is 35.5 Å². The molecular weight excluding hydrogens is 353 g/mol. The van der Waals surface area contributed by atoms with Gasteiger partial charge in [0.25, 0.3) is 0 Å². The summed E-state index contributed by atoms with van der Waals surface area (Å²) in [5, 5.41) is 0. The van der Waals surface area contributed by atoms with Gasteiger partial charge in [-0.1, -0.05) is 19.1 Å². The maximum absolute atomic E-state index is 14.1. The number of hydrogen-bond donors (Lipinski definition) is 0. The number of aryl methyl sites for hydroxylation is 1. The summed E-state index contributed by atoms with van der Waals surface area (Å²) >= 11 is 0. The summed E-state index contributed by atoms with van der Waals surface area (Å²) in [6, 6.07) is 9.76. The average Bonchev–Trinajstić information content (AvgIpc) is 2.74. The Morgan fingerprint density at radius 3 is 2.43 bits per heavy atom. The zero-order valence-electron chi connectivity index (χ0n) is 16.9. The van der Waals surface area contributed by atoms with Crippen molar-refractivity contribution in [3.63, 3.8) is 0 Å². The fourth-order valence-corrected chi connectivity index (χ4v) is 4.46. The van der Waals surface area contributed by atoms with E-state index in [0.29, 0.717) is 11.7 Å². The fraction of sp³-hybridized carbons (Fsp3) is 0.545. The van der Waals surface area contributed by atoms with Crippen LogP contribution in [0.4, 0.5) is 21.7 Å². The molecule has 0 amide bonds. The van der Waals surface area contributed by atoms with Crippen LogP contribution >= 0.6 is 0 Å². The smallest absolute Gasteiger partial charge is 0.146 e. The summed E-state index contributed by atoms with van der Waals surface area (Å²) in [5.41, 5.74) is 0.695. The van der Waals surface area contributed by atoms with Crippen LogP contribution in [0.25, 0.3) is 0 Å². The normalized spacial score (nSPS) is 20.5. The number of piperidine rings is 1. The molecule has 0 saturated carbocycles. The van der Waals surface area contributed by atoms with Gasteiger partial charge < -0.3 is 14.7 Å². The molecule has 5 nitrogen and oxygen atoms in total. The first kappa shape index (κ1) is 19.0. The van der Waals surface area contributed by atoms with E-state index in [1.165, 1.54) is 25.3 Å². The van der Waals surface area contributed by atoms with Crippen molar-refractivity contribution in [2.45, 2.75) is 45.6 Å². The second-order valence-corrected chi connectivity index (χ2v) is 7.81. The van der Waals surface area contributed by atoms with Crippen molar-refractivity contribution in [3.8, 4) is 0 Å². The number of benzene rings is 1. The predicted octanol–water partition coefficient (Wildman–Crippen LogP) is 4.02. The van der Waals surface area contributed by atoms with Gasteiger partial charge in [0.2, 0.25) is 0 Å². The van der Waals surface area contributed by atoms with E-state index in [4.69, 9.17) is 9.97 Å². The first-order valence-electron chi connectivity index (χ1n) is 10.5. The van der Waals surface area contributed by atoms with Crippen LogP contribution in [0.15, 0.2) is 30.3 Å². The summed E-state index contributed by atoms with van der Waals surface area (Å²) in [6.45, 7) is 8.58. The summed E-state index contributed by atoms with van der Waals surface area (Å²) in [4.78, 5) is 16.4. The number of aromatic nitrogens is 2. The van der Waals surface area contributed by atoms with Gasteiger partial charge in [0.1, 0.15) is 23.3 Å². The Morgan fingerprint density at radius 1 is 0.964 bits per heavy atom. The van der Waals surface area contributed by atoms with Gasteiger partial charge in [0.05, 0.1) is 5.69 Å². The van der Waals surface area contributed by atoms with Crippen molar-refractivity contribution in [1.29, 1.82) is 0 Å². The molecule has 2 aliphatic heterocycles. The SMILES string of the molecule is CCC1CCCCN1c1cc(N2CCN(c3ccccc3F)CC2)nc(C)n1.